The first-order valence-electron chi connectivity index (χ1n) is 13.2. The van der Waals surface area contributed by atoms with E-state index in [4.69, 9.17) is 19.4 Å². The van der Waals surface area contributed by atoms with E-state index in [1.54, 1.807) is 0 Å². The molecule has 0 aliphatic heterocycles. The zero-order valence-electron chi connectivity index (χ0n) is 21.4. The summed E-state index contributed by atoms with van der Waals surface area (Å²) in [4.78, 5) is 14.9. The van der Waals surface area contributed by atoms with Crippen LogP contribution in [0.5, 0.6) is 0 Å². The maximum atomic E-state index is 6.45. The Hall–Kier alpha value is -5.55. The van der Waals surface area contributed by atoms with Gasteiger partial charge >= 0.3 is 0 Å². The molecule has 3 aromatic heterocycles. The van der Waals surface area contributed by atoms with Crippen LogP contribution in [0, 0.1) is 0 Å². The third-order valence-electron chi connectivity index (χ3n) is 7.25. The molecule has 0 radical (unpaired) electrons. The van der Waals surface area contributed by atoms with E-state index in [9.17, 15) is 0 Å². The standard InChI is InChI=1S/C35H22N4O/c1-4-12-23(13-5-1)28-22-31(38-34(36-28)24-14-6-2-7-15-24)39-29-19-11-10-18-26(29)32-30(39)21-20-27-33(32)40-35(37-27)25-16-8-3-9-17-25/h1-22H. The highest BCUT2D eigenvalue weighted by atomic mass is 16.3. The van der Waals surface area contributed by atoms with Crippen LogP contribution in [-0.2, 0) is 0 Å². The molecule has 0 aliphatic carbocycles. The van der Waals surface area contributed by atoms with Gasteiger partial charge in [-0.05, 0) is 30.3 Å². The lowest BCUT2D eigenvalue weighted by molar-refractivity contribution is 0.623. The molecule has 0 amide bonds. The summed E-state index contributed by atoms with van der Waals surface area (Å²) < 4.78 is 8.66. The first-order valence-corrected chi connectivity index (χ1v) is 13.2. The molecular formula is C35H22N4O. The second-order valence-electron chi connectivity index (χ2n) is 9.71. The van der Waals surface area contributed by atoms with Gasteiger partial charge in [-0.1, -0.05) is 97.1 Å². The van der Waals surface area contributed by atoms with Crippen molar-refractivity contribution in [2.45, 2.75) is 0 Å². The van der Waals surface area contributed by atoms with Crippen LogP contribution in [0.15, 0.2) is 138 Å². The molecule has 0 saturated heterocycles. The summed E-state index contributed by atoms with van der Waals surface area (Å²) in [6, 6.07) is 45.0. The van der Waals surface area contributed by atoms with E-state index < -0.39 is 0 Å². The first-order chi connectivity index (χ1) is 19.8. The van der Waals surface area contributed by atoms with Crippen molar-refractivity contribution in [1.29, 1.82) is 0 Å². The van der Waals surface area contributed by atoms with Crippen LogP contribution in [-0.4, -0.2) is 19.5 Å². The number of aromatic nitrogens is 4. The smallest absolute Gasteiger partial charge is 0.227 e. The van der Waals surface area contributed by atoms with Crippen LogP contribution >= 0.6 is 0 Å². The molecule has 0 fully saturated rings. The van der Waals surface area contributed by atoms with Gasteiger partial charge in [0.2, 0.25) is 5.89 Å². The monoisotopic (exact) mass is 514 g/mol. The van der Waals surface area contributed by atoms with Crippen LogP contribution in [0.2, 0.25) is 0 Å². The van der Waals surface area contributed by atoms with Gasteiger partial charge in [-0.3, -0.25) is 4.57 Å². The number of rotatable bonds is 4. The predicted molar refractivity (Wildman–Crippen MR) is 160 cm³/mol. The SMILES string of the molecule is c1ccc(-c2cc(-n3c4ccccc4c4c5oc(-c6ccccc6)nc5ccc43)nc(-c3ccccc3)n2)cc1. The fourth-order valence-corrected chi connectivity index (χ4v) is 5.41. The van der Waals surface area contributed by atoms with Crippen molar-refractivity contribution in [3.8, 4) is 39.9 Å². The third kappa shape index (κ3) is 3.60. The molecule has 8 aromatic rings. The minimum absolute atomic E-state index is 0.611. The van der Waals surface area contributed by atoms with E-state index in [0.717, 1.165) is 61.1 Å². The number of oxazole rings is 1. The van der Waals surface area contributed by atoms with Crippen LogP contribution in [0.3, 0.4) is 0 Å². The van der Waals surface area contributed by atoms with E-state index in [2.05, 4.69) is 53.1 Å². The molecule has 0 aliphatic rings. The average molecular weight is 515 g/mol. The Balaban J connectivity index is 1.43. The number of benzene rings is 5. The number of hydrogen-bond donors (Lipinski definition) is 0. The van der Waals surface area contributed by atoms with E-state index in [1.165, 1.54) is 0 Å². The molecule has 5 heteroatoms. The molecule has 188 valence electrons. The van der Waals surface area contributed by atoms with Gasteiger partial charge in [0, 0.05) is 28.1 Å². The van der Waals surface area contributed by atoms with Gasteiger partial charge in [0.25, 0.3) is 0 Å². The lowest BCUT2D eigenvalue weighted by Crippen LogP contribution is -2.02. The van der Waals surface area contributed by atoms with Gasteiger partial charge in [0.15, 0.2) is 11.4 Å². The number of para-hydroxylation sites is 1. The highest BCUT2D eigenvalue weighted by Gasteiger charge is 2.20. The molecule has 0 unspecified atom stereocenters. The molecule has 8 rings (SSSR count). The van der Waals surface area contributed by atoms with Crippen LogP contribution in [0.25, 0.3) is 72.8 Å². The highest BCUT2D eigenvalue weighted by Crippen LogP contribution is 2.38. The molecule has 5 nitrogen and oxygen atoms in total. The average Bonchev–Trinajstić information content (AvgIpc) is 3.62. The zero-order chi connectivity index (χ0) is 26.5. The molecule has 0 N–H and O–H groups in total. The lowest BCUT2D eigenvalue weighted by Gasteiger charge is -2.12. The quantitative estimate of drug-likeness (QED) is 0.236. The summed E-state index contributed by atoms with van der Waals surface area (Å²) in [5, 5.41) is 2.10. The summed E-state index contributed by atoms with van der Waals surface area (Å²) in [7, 11) is 0. The number of fused-ring (bicyclic) bond motifs is 5. The Morgan fingerprint density at radius 3 is 1.93 bits per heavy atom. The molecule has 0 saturated carbocycles. The highest BCUT2D eigenvalue weighted by molar-refractivity contribution is 6.19. The largest absolute Gasteiger partial charge is 0.435 e. The van der Waals surface area contributed by atoms with Crippen molar-refractivity contribution < 1.29 is 4.42 Å². The van der Waals surface area contributed by atoms with E-state index in [0.29, 0.717) is 11.7 Å². The summed E-state index contributed by atoms with van der Waals surface area (Å²) in [5.74, 6) is 2.08. The summed E-state index contributed by atoms with van der Waals surface area (Å²) in [5.41, 5.74) is 7.45. The summed E-state index contributed by atoms with van der Waals surface area (Å²) in [6.45, 7) is 0. The Morgan fingerprint density at radius 2 is 1.18 bits per heavy atom. The van der Waals surface area contributed by atoms with Crippen molar-refractivity contribution in [2.24, 2.45) is 0 Å². The second-order valence-corrected chi connectivity index (χ2v) is 9.71. The fraction of sp³-hybridized carbons (Fsp3) is 0. The van der Waals surface area contributed by atoms with E-state index in [-0.39, 0.29) is 0 Å². The number of hydrogen-bond acceptors (Lipinski definition) is 4. The first kappa shape index (κ1) is 22.4. The topological polar surface area (TPSA) is 56.7 Å². The maximum Gasteiger partial charge on any atom is 0.227 e. The lowest BCUT2D eigenvalue weighted by atomic mass is 10.1. The third-order valence-corrected chi connectivity index (χ3v) is 7.25. The summed E-state index contributed by atoms with van der Waals surface area (Å²) >= 11 is 0. The maximum absolute atomic E-state index is 6.45. The van der Waals surface area contributed by atoms with E-state index >= 15 is 0 Å². The zero-order valence-corrected chi connectivity index (χ0v) is 21.4. The molecule has 5 aromatic carbocycles. The van der Waals surface area contributed by atoms with Gasteiger partial charge in [0.1, 0.15) is 11.3 Å². The second kappa shape index (κ2) is 9.03. The van der Waals surface area contributed by atoms with E-state index in [1.807, 2.05) is 84.9 Å². The van der Waals surface area contributed by atoms with Crippen LogP contribution < -0.4 is 0 Å². The molecule has 40 heavy (non-hydrogen) atoms. The van der Waals surface area contributed by atoms with Crippen molar-refractivity contribution in [2.75, 3.05) is 0 Å². The normalized spacial score (nSPS) is 11.5. The fourth-order valence-electron chi connectivity index (χ4n) is 5.41. The molecule has 0 bridgehead atoms. The Kier molecular flexibility index (Phi) is 5.07. The predicted octanol–water partition coefficient (Wildman–Crippen LogP) is 8.72. The summed E-state index contributed by atoms with van der Waals surface area (Å²) in [6.07, 6.45) is 0. The number of nitrogens with zero attached hydrogens (tertiary/aromatic N) is 4. The molecule has 0 atom stereocenters. The molecule has 3 heterocycles. The van der Waals surface area contributed by atoms with Crippen LogP contribution in [0.1, 0.15) is 0 Å². The van der Waals surface area contributed by atoms with Crippen molar-refractivity contribution >= 4 is 32.9 Å². The Labute approximate surface area is 230 Å². The van der Waals surface area contributed by atoms with Gasteiger partial charge in [-0.15, -0.1) is 0 Å². The van der Waals surface area contributed by atoms with Gasteiger partial charge < -0.3 is 4.42 Å². The van der Waals surface area contributed by atoms with Crippen molar-refractivity contribution in [3.63, 3.8) is 0 Å². The minimum atomic E-state index is 0.611. The Morgan fingerprint density at radius 1 is 0.525 bits per heavy atom. The van der Waals surface area contributed by atoms with Gasteiger partial charge in [-0.2, -0.15) is 0 Å². The van der Waals surface area contributed by atoms with Gasteiger partial charge in [-0.25, -0.2) is 15.0 Å². The minimum Gasteiger partial charge on any atom is -0.435 e. The van der Waals surface area contributed by atoms with Crippen molar-refractivity contribution in [1.82, 2.24) is 19.5 Å². The molecular weight excluding hydrogens is 492 g/mol. The van der Waals surface area contributed by atoms with Gasteiger partial charge in [0.05, 0.1) is 22.1 Å². The Bertz CT molecular complexity index is 2090. The molecule has 0 spiro atoms. The van der Waals surface area contributed by atoms with Crippen molar-refractivity contribution in [3.05, 3.63) is 133 Å². The van der Waals surface area contributed by atoms with Crippen LogP contribution in [0.4, 0.5) is 0 Å².